The van der Waals surface area contributed by atoms with Crippen molar-refractivity contribution >= 4 is 28.1 Å². The normalized spacial score (nSPS) is 10.6. The number of benzene rings is 1. The molecule has 0 aliphatic carbocycles. The van der Waals surface area contributed by atoms with Crippen molar-refractivity contribution in [1.82, 2.24) is 19.7 Å². The summed E-state index contributed by atoms with van der Waals surface area (Å²) in [5.74, 6) is 0.702. The van der Waals surface area contributed by atoms with E-state index in [4.69, 9.17) is 12.2 Å². The molecule has 0 saturated carbocycles. The summed E-state index contributed by atoms with van der Waals surface area (Å²) < 4.78 is 3.43. The Labute approximate surface area is 123 Å². The second-order valence-corrected chi connectivity index (χ2v) is 5.18. The van der Waals surface area contributed by atoms with Gasteiger partial charge in [0.1, 0.15) is 5.69 Å². The molecule has 0 fully saturated rings. The molecule has 0 aliphatic heterocycles. The van der Waals surface area contributed by atoms with E-state index in [0.29, 0.717) is 10.6 Å². The number of pyridine rings is 1. The first-order chi connectivity index (χ1) is 9.25. The summed E-state index contributed by atoms with van der Waals surface area (Å²) in [7, 11) is 0. The Bertz CT molecular complexity index is 746. The highest BCUT2D eigenvalue weighted by molar-refractivity contribution is 9.10. The highest BCUT2D eigenvalue weighted by Gasteiger charge is 2.11. The van der Waals surface area contributed by atoms with Gasteiger partial charge in [-0.25, -0.2) is 0 Å². The van der Waals surface area contributed by atoms with Crippen LogP contribution in [0.2, 0.25) is 0 Å². The number of nitrogens with zero attached hydrogens (tertiary/aromatic N) is 3. The van der Waals surface area contributed by atoms with Crippen molar-refractivity contribution in [3.05, 3.63) is 57.9 Å². The zero-order chi connectivity index (χ0) is 13.2. The van der Waals surface area contributed by atoms with Gasteiger partial charge in [0.15, 0.2) is 10.6 Å². The van der Waals surface area contributed by atoms with Crippen LogP contribution in [-0.2, 0) is 0 Å². The maximum atomic E-state index is 5.29. The van der Waals surface area contributed by atoms with Crippen LogP contribution in [0.15, 0.2) is 53.1 Å². The van der Waals surface area contributed by atoms with Gasteiger partial charge < -0.3 is 0 Å². The van der Waals surface area contributed by atoms with Crippen LogP contribution < -0.4 is 0 Å². The van der Waals surface area contributed by atoms with Crippen molar-refractivity contribution < 1.29 is 0 Å². The van der Waals surface area contributed by atoms with Crippen LogP contribution in [0.25, 0.3) is 17.2 Å². The third kappa shape index (κ3) is 2.36. The lowest BCUT2D eigenvalue weighted by Crippen LogP contribution is -1.98. The molecule has 3 rings (SSSR count). The standard InChI is InChI=1S/C13H9BrN4S/c14-9-4-6-10(7-5-9)18-12(16-17-13(18)19)11-3-1-2-8-15-11/h1-8H,(H,17,19). The topological polar surface area (TPSA) is 46.5 Å². The van der Waals surface area contributed by atoms with Gasteiger partial charge >= 0.3 is 0 Å². The first kappa shape index (κ1) is 12.3. The molecule has 1 aromatic carbocycles. The van der Waals surface area contributed by atoms with Gasteiger partial charge in [-0.15, -0.1) is 0 Å². The number of rotatable bonds is 2. The maximum absolute atomic E-state index is 5.29. The van der Waals surface area contributed by atoms with Crippen molar-refractivity contribution in [2.45, 2.75) is 0 Å². The number of aromatic nitrogens is 4. The summed E-state index contributed by atoms with van der Waals surface area (Å²) in [6.45, 7) is 0. The van der Waals surface area contributed by atoms with E-state index in [0.717, 1.165) is 15.9 Å². The van der Waals surface area contributed by atoms with Crippen LogP contribution in [-0.4, -0.2) is 19.7 Å². The predicted octanol–water partition coefficient (Wildman–Crippen LogP) is 3.75. The van der Waals surface area contributed by atoms with Crippen LogP contribution in [0.1, 0.15) is 0 Å². The number of H-pyrrole nitrogens is 1. The van der Waals surface area contributed by atoms with E-state index in [9.17, 15) is 0 Å². The van der Waals surface area contributed by atoms with Crippen molar-refractivity contribution in [2.75, 3.05) is 0 Å². The monoisotopic (exact) mass is 332 g/mol. The van der Waals surface area contributed by atoms with Gasteiger partial charge in [0.25, 0.3) is 0 Å². The molecule has 0 unspecified atom stereocenters. The Morgan fingerprint density at radius 3 is 2.58 bits per heavy atom. The van der Waals surface area contributed by atoms with Gasteiger partial charge in [-0.2, -0.15) is 5.10 Å². The first-order valence-electron chi connectivity index (χ1n) is 5.60. The first-order valence-corrected chi connectivity index (χ1v) is 6.80. The molecule has 0 bridgehead atoms. The van der Waals surface area contributed by atoms with Gasteiger partial charge in [0.2, 0.25) is 0 Å². The average Bonchev–Trinajstić information content (AvgIpc) is 2.83. The minimum Gasteiger partial charge on any atom is -0.267 e. The summed E-state index contributed by atoms with van der Waals surface area (Å²) in [6, 6.07) is 13.6. The van der Waals surface area contributed by atoms with Crippen molar-refractivity contribution in [3.8, 4) is 17.2 Å². The Morgan fingerprint density at radius 1 is 1.11 bits per heavy atom. The van der Waals surface area contributed by atoms with E-state index in [1.54, 1.807) is 6.20 Å². The fourth-order valence-electron chi connectivity index (χ4n) is 1.79. The number of nitrogens with one attached hydrogen (secondary N) is 1. The Kier molecular flexibility index (Phi) is 3.27. The molecule has 0 radical (unpaired) electrons. The minimum atomic E-state index is 0.544. The van der Waals surface area contributed by atoms with Gasteiger partial charge in [-0.05, 0) is 48.6 Å². The Hall–Kier alpha value is -1.79. The predicted molar refractivity (Wildman–Crippen MR) is 79.7 cm³/mol. The molecule has 4 nitrogen and oxygen atoms in total. The molecule has 2 heterocycles. The molecule has 19 heavy (non-hydrogen) atoms. The zero-order valence-corrected chi connectivity index (χ0v) is 12.1. The van der Waals surface area contributed by atoms with E-state index in [1.165, 1.54) is 0 Å². The smallest absolute Gasteiger partial charge is 0.200 e. The molecule has 6 heteroatoms. The zero-order valence-electron chi connectivity index (χ0n) is 9.75. The van der Waals surface area contributed by atoms with Gasteiger partial charge in [-0.1, -0.05) is 22.0 Å². The van der Waals surface area contributed by atoms with E-state index in [2.05, 4.69) is 31.1 Å². The number of hydrogen-bond acceptors (Lipinski definition) is 3. The number of aromatic amines is 1. The largest absolute Gasteiger partial charge is 0.267 e. The van der Waals surface area contributed by atoms with Crippen LogP contribution in [0.4, 0.5) is 0 Å². The Morgan fingerprint density at radius 2 is 1.89 bits per heavy atom. The molecule has 0 aliphatic rings. The number of hydrogen-bond donors (Lipinski definition) is 1. The van der Waals surface area contributed by atoms with Gasteiger partial charge in [0, 0.05) is 10.7 Å². The lowest BCUT2D eigenvalue weighted by Gasteiger charge is -2.06. The fraction of sp³-hybridized carbons (Fsp3) is 0. The van der Waals surface area contributed by atoms with Crippen LogP contribution >= 0.6 is 28.1 Å². The van der Waals surface area contributed by atoms with Gasteiger partial charge in [0.05, 0.1) is 5.69 Å². The third-order valence-electron chi connectivity index (χ3n) is 2.65. The lowest BCUT2D eigenvalue weighted by molar-refractivity contribution is 1.03. The summed E-state index contributed by atoms with van der Waals surface area (Å²) in [4.78, 5) is 4.31. The quantitative estimate of drug-likeness (QED) is 0.727. The van der Waals surface area contributed by atoms with Crippen molar-refractivity contribution in [3.63, 3.8) is 0 Å². The molecule has 2 aromatic heterocycles. The maximum Gasteiger partial charge on any atom is 0.200 e. The second kappa shape index (κ2) is 5.07. The van der Waals surface area contributed by atoms with Crippen LogP contribution in [0.3, 0.4) is 0 Å². The lowest BCUT2D eigenvalue weighted by atomic mass is 10.3. The van der Waals surface area contributed by atoms with E-state index < -0.39 is 0 Å². The third-order valence-corrected chi connectivity index (χ3v) is 3.45. The van der Waals surface area contributed by atoms with Crippen molar-refractivity contribution in [2.24, 2.45) is 0 Å². The van der Waals surface area contributed by atoms with E-state index >= 15 is 0 Å². The summed E-state index contributed by atoms with van der Waals surface area (Å²) in [5.41, 5.74) is 1.72. The molecule has 94 valence electrons. The molecular formula is C13H9BrN4S. The summed E-state index contributed by atoms with van der Waals surface area (Å²) in [6.07, 6.45) is 1.74. The highest BCUT2D eigenvalue weighted by atomic mass is 79.9. The van der Waals surface area contributed by atoms with Crippen molar-refractivity contribution in [1.29, 1.82) is 0 Å². The molecule has 0 saturated heterocycles. The molecule has 0 atom stereocenters. The average molecular weight is 333 g/mol. The fourth-order valence-corrected chi connectivity index (χ4v) is 2.30. The second-order valence-electron chi connectivity index (χ2n) is 3.88. The highest BCUT2D eigenvalue weighted by Crippen LogP contribution is 2.20. The van der Waals surface area contributed by atoms with Gasteiger partial charge in [-0.3, -0.25) is 14.6 Å². The van der Waals surface area contributed by atoms with Crippen LogP contribution in [0.5, 0.6) is 0 Å². The molecular weight excluding hydrogens is 324 g/mol. The summed E-state index contributed by atoms with van der Waals surface area (Å²) >= 11 is 8.71. The van der Waals surface area contributed by atoms with Crippen LogP contribution in [0, 0.1) is 4.77 Å². The molecule has 3 aromatic rings. The molecule has 1 N–H and O–H groups in total. The SMILES string of the molecule is S=c1[nH]nc(-c2ccccn2)n1-c1ccc(Br)cc1. The minimum absolute atomic E-state index is 0.544. The molecule has 0 spiro atoms. The molecule has 0 amide bonds. The number of halogens is 1. The summed E-state index contributed by atoms with van der Waals surface area (Å²) in [5, 5.41) is 7.07. The van der Waals surface area contributed by atoms with E-state index in [1.807, 2.05) is 47.0 Å². The Balaban J connectivity index is 2.19. The van der Waals surface area contributed by atoms with E-state index in [-0.39, 0.29) is 0 Å².